The van der Waals surface area contributed by atoms with Gasteiger partial charge in [0, 0.05) is 31.7 Å². The maximum absolute atomic E-state index is 5.65. The van der Waals surface area contributed by atoms with Crippen LogP contribution in [-0.4, -0.2) is 50.7 Å². The van der Waals surface area contributed by atoms with Gasteiger partial charge in [0.2, 0.25) is 0 Å². The lowest BCUT2D eigenvalue weighted by atomic mass is 10.2. The summed E-state index contributed by atoms with van der Waals surface area (Å²) in [4.78, 5) is 6.66. The van der Waals surface area contributed by atoms with Crippen molar-refractivity contribution in [3.05, 3.63) is 29.8 Å². The molecule has 2 N–H and O–H groups in total. The number of hydrogen-bond acceptors (Lipinski definition) is 3. The lowest BCUT2D eigenvalue weighted by molar-refractivity contribution is 0.268. The number of nitrogens with zero attached hydrogens (tertiary/aromatic N) is 2. The number of ether oxygens (including phenoxy) is 1. The molecule has 5 heteroatoms. The molecule has 136 valence electrons. The number of guanidine groups is 1. The third-order valence-electron chi connectivity index (χ3n) is 4.05. The Kier molecular flexibility index (Phi) is 9.92. The molecular formula is C19H34N4O. The Labute approximate surface area is 147 Å². The number of benzene rings is 1. The molecule has 0 saturated carbocycles. The molecule has 1 aromatic rings. The zero-order valence-electron chi connectivity index (χ0n) is 15.9. The van der Waals surface area contributed by atoms with Gasteiger partial charge in [-0.2, -0.15) is 0 Å². The fourth-order valence-corrected chi connectivity index (χ4v) is 2.30. The van der Waals surface area contributed by atoms with Crippen molar-refractivity contribution in [1.29, 1.82) is 0 Å². The van der Waals surface area contributed by atoms with Crippen LogP contribution in [-0.2, 0) is 6.54 Å². The molecular weight excluding hydrogens is 300 g/mol. The van der Waals surface area contributed by atoms with Gasteiger partial charge in [-0.25, -0.2) is 0 Å². The van der Waals surface area contributed by atoms with Crippen molar-refractivity contribution < 1.29 is 4.74 Å². The van der Waals surface area contributed by atoms with Gasteiger partial charge in [0.1, 0.15) is 5.75 Å². The van der Waals surface area contributed by atoms with E-state index in [1.807, 2.05) is 25.1 Å². The Balaban J connectivity index is 2.31. The quantitative estimate of drug-likeness (QED) is 0.392. The van der Waals surface area contributed by atoms with E-state index in [1.54, 1.807) is 7.05 Å². The monoisotopic (exact) mass is 334 g/mol. The summed E-state index contributed by atoms with van der Waals surface area (Å²) in [5.41, 5.74) is 1.14. The first-order valence-electron chi connectivity index (χ1n) is 8.94. The molecule has 5 nitrogen and oxygen atoms in total. The zero-order chi connectivity index (χ0) is 17.8. The predicted octanol–water partition coefficient (Wildman–Crippen LogP) is 2.87. The molecule has 0 aliphatic heterocycles. The van der Waals surface area contributed by atoms with Crippen LogP contribution in [0.5, 0.6) is 5.75 Å². The van der Waals surface area contributed by atoms with E-state index in [0.717, 1.165) is 36.8 Å². The van der Waals surface area contributed by atoms with Crippen LogP contribution >= 0.6 is 0 Å². The summed E-state index contributed by atoms with van der Waals surface area (Å²) in [6.07, 6.45) is 2.32. The second kappa shape index (κ2) is 11.7. The number of nitrogens with one attached hydrogen (secondary N) is 2. The minimum Gasteiger partial charge on any atom is -0.494 e. The molecule has 0 aliphatic rings. The smallest absolute Gasteiger partial charge is 0.191 e. The lowest BCUT2D eigenvalue weighted by Gasteiger charge is -2.20. The lowest BCUT2D eigenvalue weighted by Crippen LogP contribution is -2.37. The normalized spacial score (nSPS) is 11.9. The summed E-state index contributed by atoms with van der Waals surface area (Å²) in [7, 11) is 3.98. The highest BCUT2D eigenvalue weighted by molar-refractivity contribution is 5.79. The second-order valence-electron chi connectivity index (χ2n) is 6.17. The van der Waals surface area contributed by atoms with Crippen LogP contribution in [0, 0.1) is 0 Å². The van der Waals surface area contributed by atoms with Gasteiger partial charge >= 0.3 is 0 Å². The molecule has 0 saturated heterocycles. The van der Waals surface area contributed by atoms with Crippen molar-refractivity contribution in [3.63, 3.8) is 0 Å². The molecule has 0 aromatic heterocycles. The van der Waals surface area contributed by atoms with Crippen LogP contribution in [0.2, 0.25) is 0 Å². The van der Waals surface area contributed by atoms with Crippen molar-refractivity contribution in [2.75, 3.05) is 33.8 Å². The van der Waals surface area contributed by atoms with E-state index >= 15 is 0 Å². The number of aliphatic imine (C=N–C) groups is 1. The van der Waals surface area contributed by atoms with Gasteiger partial charge in [0.05, 0.1) is 6.61 Å². The Morgan fingerprint density at radius 2 is 1.96 bits per heavy atom. The average Bonchev–Trinajstić information content (AvgIpc) is 2.58. The fraction of sp³-hybridized carbons (Fsp3) is 0.632. The van der Waals surface area contributed by atoms with Crippen molar-refractivity contribution in [3.8, 4) is 5.75 Å². The third-order valence-corrected chi connectivity index (χ3v) is 4.05. The third kappa shape index (κ3) is 7.68. The molecule has 0 spiro atoms. The van der Waals surface area contributed by atoms with Gasteiger partial charge in [-0.05, 0) is 53.3 Å². The highest BCUT2D eigenvalue weighted by atomic mass is 16.5. The summed E-state index contributed by atoms with van der Waals surface area (Å²) >= 11 is 0. The van der Waals surface area contributed by atoms with Crippen LogP contribution in [0.15, 0.2) is 29.3 Å². The Bertz CT molecular complexity index is 488. The number of unbranched alkanes of at least 4 members (excludes halogenated alkanes) is 1. The van der Waals surface area contributed by atoms with Gasteiger partial charge in [0.15, 0.2) is 5.96 Å². The highest BCUT2D eigenvalue weighted by Crippen LogP contribution is 2.17. The number of hydrogen-bond donors (Lipinski definition) is 2. The van der Waals surface area contributed by atoms with E-state index in [2.05, 4.69) is 47.5 Å². The SMILES string of the molecule is CCOc1ccccc1CNC(=NC)NCCCCN(C)C(C)C. The maximum atomic E-state index is 5.65. The predicted molar refractivity (Wildman–Crippen MR) is 103 cm³/mol. The van der Waals surface area contributed by atoms with Crippen molar-refractivity contribution in [1.82, 2.24) is 15.5 Å². The van der Waals surface area contributed by atoms with Crippen molar-refractivity contribution in [2.24, 2.45) is 4.99 Å². The second-order valence-corrected chi connectivity index (χ2v) is 6.17. The largest absolute Gasteiger partial charge is 0.494 e. The topological polar surface area (TPSA) is 48.9 Å². The summed E-state index contributed by atoms with van der Waals surface area (Å²) in [6.45, 7) is 9.89. The van der Waals surface area contributed by atoms with E-state index in [-0.39, 0.29) is 0 Å². The molecule has 24 heavy (non-hydrogen) atoms. The van der Waals surface area contributed by atoms with Gasteiger partial charge in [-0.3, -0.25) is 4.99 Å². The first-order chi connectivity index (χ1) is 11.6. The summed E-state index contributed by atoms with van der Waals surface area (Å²) in [6, 6.07) is 8.71. The summed E-state index contributed by atoms with van der Waals surface area (Å²) < 4.78 is 5.65. The van der Waals surface area contributed by atoms with E-state index < -0.39 is 0 Å². The zero-order valence-corrected chi connectivity index (χ0v) is 15.9. The van der Waals surface area contributed by atoms with Gasteiger partial charge in [0.25, 0.3) is 0 Å². The minimum absolute atomic E-state index is 0.609. The van der Waals surface area contributed by atoms with E-state index in [1.165, 1.54) is 6.42 Å². The van der Waals surface area contributed by atoms with Crippen molar-refractivity contribution in [2.45, 2.75) is 46.2 Å². The van der Waals surface area contributed by atoms with Crippen LogP contribution in [0.3, 0.4) is 0 Å². The first kappa shape index (κ1) is 20.3. The standard InChI is InChI=1S/C19H34N4O/c1-6-24-18-12-8-7-11-17(18)15-22-19(20-4)21-13-9-10-14-23(5)16(2)3/h7-8,11-12,16H,6,9-10,13-15H2,1-5H3,(H2,20,21,22). The molecule has 1 aromatic carbocycles. The van der Waals surface area contributed by atoms with E-state index in [0.29, 0.717) is 19.2 Å². The molecule has 0 fully saturated rings. The van der Waals surface area contributed by atoms with Gasteiger partial charge < -0.3 is 20.3 Å². The first-order valence-corrected chi connectivity index (χ1v) is 8.94. The molecule has 0 atom stereocenters. The maximum Gasteiger partial charge on any atom is 0.191 e. The van der Waals surface area contributed by atoms with E-state index in [9.17, 15) is 0 Å². The molecule has 0 bridgehead atoms. The fourth-order valence-electron chi connectivity index (χ4n) is 2.30. The molecule has 0 radical (unpaired) electrons. The Hall–Kier alpha value is -1.75. The van der Waals surface area contributed by atoms with Crippen molar-refractivity contribution >= 4 is 5.96 Å². The number of rotatable bonds is 10. The van der Waals surface area contributed by atoms with E-state index in [4.69, 9.17) is 4.74 Å². The average molecular weight is 335 g/mol. The van der Waals surface area contributed by atoms with Crippen LogP contribution in [0.4, 0.5) is 0 Å². The number of para-hydroxylation sites is 1. The summed E-state index contributed by atoms with van der Waals surface area (Å²) in [5, 5.41) is 6.72. The molecule has 0 heterocycles. The Morgan fingerprint density at radius 3 is 2.62 bits per heavy atom. The Morgan fingerprint density at radius 1 is 1.21 bits per heavy atom. The van der Waals surface area contributed by atoms with Crippen LogP contribution in [0.1, 0.15) is 39.2 Å². The molecule has 0 amide bonds. The molecule has 1 rings (SSSR count). The molecule has 0 unspecified atom stereocenters. The molecule has 0 aliphatic carbocycles. The highest BCUT2D eigenvalue weighted by Gasteiger charge is 2.05. The van der Waals surface area contributed by atoms with Gasteiger partial charge in [-0.1, -0.05) is 18.2 Å². The minimum atomic E-state index is 0.609. The van der Waals surface area contributed by atoms with Crippen LogP contribution < -0.4 is 15.4 Å². The van der Waals surface area contributed by atoms with Gasteiger partial charge in [-0.15, -0.1) is 0 Å². The van der Waals surface area contributed by atoms with Crippen LogP contribution in [0.25, 0.3) is 0 Å². The summed E-state index contributed by atoms with van der Waals surface area (Å²) in [5.74, 6) is 1.76.